The van der Waals surface area contributed by atoms with Crippen LogP contribution < -0.4 is 0 Å². The van der Waals surface area contributed by atoms with Crippen LogP contribution in [0.1, 0.15) is 479 Å². The van der Waals surface area contributed by atoms with Crippen LogP contribution in [0.15, 0.2) is 0 Å². The van der Waals surface area contributed by atoms with Crippen molar-refractivity contribution in [2.45, 2.75) is 497 Å². The molecule has 0 bridgehead atoms. The number of esters is 4. The summed E-state index contributed by atoms with van der Waals surface area (Å²) in [7, 11) is -9.94. The molecule has 0 saturated carbocycles. The maximum absolute atomic E-state index is 13.2. The van der Waals surface area contributed by atoms with E-state index >= 15 is 0 Å². The van der Waals surface area contributed by atoms with E-state index in [2.05, 4.69) is 55.4 Å². The Morgan fingerprint density at radius 3 is 0.645 bits per heavy atom. The van der Waals surface area contributed by atoms with E-state index in [-0.39, 0.29) is 25.7 Å². The number of phosphoric acid groups is 2. The van der Waals surface area contributed by atoms with Gasteiger partial charge in [-0.25, -0.2) is 9.13 Å². The predicted molar refractivity (Wildman–Crippen MR) is 455 cm³/mol. The van der Waals surface area contributed by atoms with Gasteiger partial charge in [0.1, 0.15) is 19.3 Å². The van der Waals surface area contributed by atoms with Gasteiger partial charge < -0.3 is 33.8 Å². The molecule has 0 aromatic rings. The van der Waals surface area contributed by atoms with E-state index in [1.54, 1.807) is 0 Å². The summed E-state index contributed by atoms with van der Waals surface area (Å²) < 4.78 is 69.0. The van der Waals surface area contributed by atoms with Gasteiger partial charge in [-0.3, -0.25) is 37.3 Å². The normalized spacial score (nSPS) is 14.3. The SMILES string of the molecule is CCC(C)CCCCCCCCCCCCCCCCCCCCC(=O)OC[C@H](COP(=O)(O)OC[C@@H](O)COP(=O)(O)OC[C@@H](COC(=O)CCCCCCCCCCCC(C)C)OC(=O)CCCCCCCCCCCCCC(C)C)OC(=O)CCCCCCCCCCCCCCCCCCCCC(C)CC. The molecule has 0 amide bonds. The maximum Gasteiger partial charge on any atom is 0.472 e. The highest BCUT2D eigenvalue weighted by molar-refractivity contribution is 7.47. The topological polar surface area (TPSA) is 237 Å². The van der Waals surface area contributed by atoms with Gasteiger partial charge in [0.25, 0.3) is 0 Å². The minimum Gasteiger partial charge on any atom is -0.462 e. The molecule has 3 N–H and O–H groups in total. The van der Waals surface area contributed by atoms with Crippen LogP contribution in [0.2, 0.25) is 0 Å². The molecule has 0 aromatic heterocycles. The van der Waals surface area contributed by atoms with Crippen molar-refractivity contribution in [3.63, 3.8) is 0 Å². The van der Waals surface area contributed by atoms with E-state index in [1.165, 1.54) is 283 Å². The zero-order valence-electron chi connectivity index (χ0n) is 72.9. The Morgan fingerprint density at radius 1 is 0.255 bits per heavy atom. The van der Waals surface area contributed by atoms with Crippen molar-refractivity contribution in [1.82, 2.24) is 0 Å². The fourth-order valence-corrected chi connectivity index (χ4v) is 15.7. The molecule has 7 atom stereocenters. The Kier molecular flexibility index (Phi) is 78.1. The Balaban J connectivity index is 5.23. The third-order valence-electron chi connectivity index (χ3n) is 22.0. The minimum absolute atomic E-state index is 0.106. The van der Waals surface area contributed by atoms with Gasteiger partial charge in [0.15, 0.2) is 12.2 Å². The minimum atomic E-state index is -4.97. The number of ether oxygens (including phenoxy) is 4. The average Bonchev–Trinajstić information content (AvgIpc) is 0.899. The van der Waals surface area contributed by atoms with Crippen molar-refractivity contribution < 1.29 is 80.2 Å². The summed E-state index contributed by atoms with van der Waals surface area (Å²) in [6.07, 6.45) is 70.9. The number of carbonyl (C=O) groups excluding carboxylic acids is 4. The van der Waals surface area contributed by atoms with E-state index in [0.717, 1.165) is 114 Å². The summed E-state index contributed by atoms with van der Waals surface area (Å²) >= 11 is 0. The van der Waals surface area contributed by atoms with E-state index < -0.39 is 97.5 Å². The first kappa shape index (κ1) is 108. The lowest BCUT2D eigenvalue weighted by atomic mass is 9.99. The van der Waals surface area contributed by atoms with Gasteiger partial charge in [0, 0.05) is 25.7 Å². The summed E-state index contributed by atoms with van der Waals surface area (Å²) in [5.74, 6) is 1.15. The molecule has 110 heavy (non-hydrogen) atoms. The van der Waals surface area contributed by atoms with E-state index in [0.29, 0.717) is 25.7 Å². The number of aliphatic hydroxyl groups excluding tert-OH is 1. The van der Waals surface area contributed by atoms with Gasteiger partial charge in [-0.05, 0) is 49.4 Å². The molecule has 0 heterocycles. The lowest BCUT2D eigenvalue weighted by molar-refractivity contribution is -0.161. The monoisotopic (exact) mass is 1610 g/mol. The Hall–Kier alpha value is -1.94. The number of carbonyl (C=O) groups is 4. The van der Waals surface area contributed by atoms with Crippen molar-refractivity contribution in [3.05, 3.63) is 0 Å². The van der Waals surface area contributed by atoms with Crippen LogP contribution in [0.5, 0.6) is 0 Å². The predicted octanol–water partition coefficient (Wildman–Crippen LogP) is 27.9. The summed E-state index contributed by atoms with van der Waals surface area (Å²) in [4.78, 5) is 73.4. The zero-order valence-corrected chi connectivity index (χ0v) is 74.7. The van der Waals surface area contributed by atoms with Crippen LogP contribution in [0.4, 0.5) is 0 Å². The summed E-state index contributed by atoms with van der Waals surface area (Å²) in [5, 5.41) is 10.7. The molecule has 654 valence electrons. The molecular weight excluding hydrogens is 1430 g/mol. The molecule has 0 radical (unpaired) electrons. The van der Waals surface area contributed by atoms with Crippen molar-refractivity contribution in [2.75, 3.05) is 39.6 Å². The van der Waals surface area contributed by atoms with E-state index in [4.69, 9.17) is 37.0 Å². The first-order valence-electron chi connectivity index (χ1n) is 46.8. The van der Waals surface area contributed by atoms with Crippen LogP contribution in [-0.4, -0.2) is 96.7 Å². The fourth-order valence-electron chi connectivity index (χ4n) is 14.1. The van der Waals surface area contributed by atoms with Crippen LogP contribution in [0, 0.1) is 23.7 Å². The molecule has 0 saturated heterocycles. The quantitative estimate of drug-likeness (QED) is 0.0222. The molecule has 0 aliphatic heterocycles. The van der Waals surface area contributed by atoms with Gasteiger partial charge >= 0.3 is 39.5 Å². The average molecular weight is 1610 g/mol. The largest absolute Gasteiger partial charge is 0.472 e. The van der Waals surface area contributed by atoms with Crippen molar-refractivity contribution in [3.8, 4) is 0 Å². The Labute approximate surface area is 677 Å². The third kappa shape index (κ3) is 81.2. The number of hydrogen-bond acceptors (Lipinski definition) is 15. The third-order valence-corrected chi connectivity index (χ3v) is 23.9. The standard InChI is InChI=1S/C91H178O17P2/c1-9-83(7)69-61-53-45-37-29-23-19-15-11-13-17-21-25-31-39-47-55-63-71-88(93)101-77-86(107-90(95)73-65-57-49-40-32-26-22-18-14-12-16-20-24-30-38-46-54-62-70-84(8)10-2)79-105-109(97,98)103-75-85(92)76-104-110(99,100)106-80-87(78-102-89(94)72-64-56-48-42-34-36-44-52-60-68-82(5)6)108-91(96)74-66-58-50-41-33-27-28-35-43-51-59-67-81(3)4/h81-87,92H,9-80H2,1-8H3,(H,97,98)(H,99,100)/t83?,84?,85-,86-,87-/m1/s1. The molecule has 17 nitrogen and oxygen atoms in total. The number of phosphoric ester groups is 2. The number of rotatable bonds is 88. The number of aliphatic hydroxyl groups is 1. The first-order valence-corrected chi connectivity index (χ1v) is 49.8. The highest BCUT2D eigenvalue weighted by Crippen LogP contribution is 2.45. The van der Waals surface area contributed by atoms with Crippen molar-refractivity contribution >= 4 is 39.5 Å². The molecular formula is C91H178O17P2. The van der Waals surface area contributed by atoms with Crippen molar-refractivity contribution in [2.24, 2.45) is 23.7 Å². The molecule has 0 fully saturated rings. The van der Waals surface area contributed by atoms with Gasteiger partial charge in [-0.2, -0.15) is 0 Å². The van der Waals surface area contributed by atoms with Gasteiger partial charge in [-0.15, -0.1) is 0 Å². The lowest BCUT2D eigenvalue weighted by Crippen LogP contribution is -2.30. The molecule has 0 spiro atoms. The molecule has 4 unspecified atom stereocenters. The summed E-state index contributed by atoms with van der Waals surface area (Å²) in [6.45, 7) is 14.4. The van der Waals surface area contributed by atoms with Gasteiger partial charge in [0.2, 0.25) is 0 Å². The second-order valence-electron chi connectivity index (χ2n) is 34.1. The fraction of sp³-hybridized carbons (Fsp3) is 0.956. The first-order chi connectivity index (χ1) is 53.2. The summed E-state index contributed by atoms with van der Waals surface area (Å²) in [5.41, 5.74) is 0. The van der Waals surface area contributed by atoms with E-state index in [1.807, 2.05) is 0 Å². The van der Waals surface area contributed by atoms with Crippen molar-refractivity contribution in [1.29, 1.82) is 0 Å². The van der Waals surface area contributed by atoms with Crippen LogP contribution in [-0.2, 0) is 65.4 Å². The number of hydrogen-bond donors (Lipinski definition) is 3. The zero-order chi connectivity index (χ0) is 80.9. The molecule has 19 heteroatoms. The van der Waals surface area contributed by atoms with Gasteiger partial charge in [0.05, 0.1) is 26.4 Å². The van der Waals surface area contributed by atoms with Gasteiger partial charge in [-0.1, -0.05) is 428 Å². The van der Waals surface area contributed by atoms with E-state index in [9.17, 15) is 43.2 Å². The molecule has 0 aromatic carbocycles. The maximum atomic E-state index is 13.2. The second kappa shape index (κ2) is 79.5. The van der Waals surface area contributed by atoms with Crippen LogP contribution in [0.25, 0.3) is 0 Å². The highest BCUT2D eigenvalue weighted by Gasteiger charge is 2.31. The summed E-state index contributed by atoms with van der Waals surface area (Å²) in [6, 6.07) is 0. The van der Waals surface area contributed by atoms with Crippen LogP contribution in [0.3, 0.4) is 0 Å². The Bertz CT molecular complexity index is 2130. The Morgan fingerprint density at radius 2 is 0.436 bits per heavy atom. The second-order valence-corrected chi connectivity index (χ2v) is 37.0. The smallest absolute Gasteiger partial charge is 0.462 e. The molecule has 0 aliphatic carbocycles. The highest BCUT2D eigenvalue weighted by atomic mass is 31.2. The molecule has 0 aliphatic rings. The van der Waals surface area contributed by atoms with Crippen LogP contribution >= 0.6 is 15.6 Å². The molecule has 0 rings (SSSR count). The lowest BCUT2D eigenvalue weighted by Gasteiger charge is -2.21. The number of unbranched alkanes of at least 4 members (excludes halogenated alkanes) is 52.